The minimum atomic E-state index is -4.50. The van der Waals surface area contributed by atoms with Crippen LogP contribution in [0.15, 0.2) is 24.3 Å². The van der Waals surface area contributed by atoms with Crippen molar-refractivity contribution >= 4 is 11.8 Å². The van der Waals surface area contributed by atoms with Crippen molar-refractivity contribution < 1.29 is 22.8 Å². The smallest absolute Gasteiger partial charge is 0.296 e. The molecule has 0 aliphatic carbocycles. The van der Waals surface area contributed by atoms with E-state index in [1.54, 1.807) is 0 Å². The van der Waals surface area contributed by atoms with Gasteiger partial charge in [-0.2, -0.15) is 13.2 Å². The van der Waals surface area contributed by atoms with Crippen LogP contribution in [-0.2, 0) is 15.8 Å². The molecule has 2 rings (SSSR count). The van der Waals surface area contributed by atoms with Gasteiger partial charge in [0.2, 0.25) is 11.8 Å². The molecule has 1 heterocycles. The van der Waals surface area contributed by atoms with Crippen LogP contribution in [0.1, 0.15) is 29.9 Å². The molecule has 0 spiro atoms. The van der Waals surface area contributed by atoms with Crippen LogP contribution < -0.4 is 5.32 Å². The maximum absolute atomic E-state index is 12.8. The standard InChI is InChI=1S/C12H10F3NO2/c13-12(14,15)9-4-2-1-3-7(9)8-5-6-10(17)16-11(8)18/h1-4,8H,5-6H2,(H,16,17,18). The lowest BCUT2D eigenvalue weighted by Gasteiger charge is -2.23. The number of hydrogen-bond donors (Lipinski definition) is 1. The van der Waals surface area contributed by atoms with Crippen molar-refractivity contribution in [2.24, 2.45) is 0 Å². The first-order valence-corrected chi connectivity index (χ1v) is 5.39. The summed E-state index contributed by atoms with van der Waals surface area (Å²) in [5.74, 6) is -2.02. The minimum Gasteiger partial charge on any atom is -0.296 e. The number of hydrogen-bond acceptors (Lipinski definition) is 2. The summed E-state index contributed by atoms with van der Waals surface area (Å²) in [6.45, 7) is 0. The van der Waals surface area contributed by atoms with Crippen LogP contribution in [0, 0.1) is 0 Å². The predicted molar refractivity (Wildman–Crippen MR) is 56.6 cm³/mol. The third-order valence-electron chi connectivity index (χ3n) is 2.88. The van der Waals surface area contributed by atoms with E-state index < -0.39 is 29.5 Å². The topological polar surface area (TPSA) is 46.2 Å². The van der Waals surface area contributed by atoms with Gasteiger partial charge in [-0.25, -0.2) is 0 Å². The van der Waals surface area contributed by atoms with Crippen molar-refractivity contribution in [3.63, 3.8) is 0 Å². The number of carbonyl (C=O) groups excluding carboxylic acids is 2. The van der Waals surface area contributed by atoms with E-state index in [4.69, 9.17) is 0 Å². The second-order valence-corrected chi connectivity index (χ2v) is 4.09. The summed E-state index contributed by atoms with van der Waals surface area (Å²) in [6.07, 6.45) is -4.33. The van der Waals surface area contributed by atoms with Crippen molar-refractivity contribution in [1.29, 1.82) is 0 Å². The molecule has 0 aromatic heterocycles. The summed E-state index contributed by atoms with van der Waals surface area (Å²) in [7, 11) is 0. The SMILES string of the molecule is O=C1CCC(c2ccccc2C(F)(F)F)C(=O)N1. The molecule has 1 aromatic carbocycles. The van der Waals surface area contributed by atoms with E-state index in [-0.39, 0.29) is 18.4 Å². The zero-order valence-corrected chi connectivity index (χ0v) is 9.25. The molecule has 6 heteroatoms. The fraction of sp³-hybridized carbons (Fsp3) is 0.333. The van der Waals surface area contributed by atoms with Gasteiger partial charge >= 0.3 is 6.18 Å². The van der Waals surface area contributed by atoms with Crippen LogP contribution in [0.3, 0.4) is 0 Å². The van der Waals surface area contributed by atoms with E-state index in [1.165, 1.54) is 18.2 Å². The zero-order chi connectivity index (χ0) is 13.3. The summed E-state index contributed by atoms with van der Waals surface area (Å²) in [5.41, 5.74) is -0.894. The van der Waals surface area contributed by atoms with Crippen LogP contribution in [0.25, 0.3) is 0 Å². The molecule has 1 aliphatic heterocycles. The molecule has 96 valence electrons. The number of nitrogens with one attached hydrogen (secondary N) is 1. The van der Waals surface area contributed by atoms with Gasteiger partial charge in [0.25, 0.3) is 0 Å². The number of halogens is 3. The van der Waals surface area contributed by atoms with Crippen molar-refractivity contribution in [3.8, 4) is 0 Å². The molecule has 1 unspecified atom stereocenters. The van der Waals surface area contributed by atoms with Crippen LogP contribution in [-0.4, -0.2) is 11.8 Å². The highest BCUT2D eigenvalue weighted by atomic mass is 19.4. The Kier molecular flexibility index (Phi) is 3.11. The van der Waals surface area contributed by atoms with Gasteiger partial charge in [0.1, 0.15) is 0 Å². The molecule has 1 atom stereocenters. The first-order chi connectivity index (χ1) is 8.39. The van der Waals surface area contributed by atoms with E-state index in [0.29, 0.717) is 0 Å². The molecule has 0 bridgehead atoms. The van der Waals surface area contributed by atoms with Crippen LogP contribution in [0.4, 0.5) is 13.2 Å². The average Bonchev–Trinajstić information content (AvgIpc) is 2.28. The van der Waals surface area contributed by atoms with E-state index in [0.717, 1.165) is 6.07 Å². The van der Waals surface area contributed by atoms with E-state index in [1.807, 2.05) is 0 Å². The van der Waals surface area contributed by atoms with Crippen molar-refractivity contribution in [3.05, 3.63) is 35.4 Å². The molecule has 1 N–H and O–H groups in total. The van der Waals surface area contributed by atoms with Gasteiger partial charge in [0.15, 0.2) is 0 Å². The highest BCUT2D eigenvalue weighted by Crippen LogP contribution is 2.37. The summed E-state index contributed by atoms with van der Waals surface area (Å²) < 4.78 is 38.4. The number of carbonyl (C=O) groups is 2. The highest BCUT2D eigenvalue weighted by molar-refractivity contribution is 6.01. The molecule has 0 saturated carbocycles. The lowest BCUT2D eigenvalue weighted by atomic mass is 9.87. The Morgan fingerprint density at radius 3 is 2.44 bits per heavy atom. The van der Waals surface area contributed by atoms with Gasteiger partial charge in [0, 0.05) is 6.42 Å². The Hall–Kier alpha value is -1.85. The van der Waals surface area contributed by atoms with Gasteiger partial charge < -0.3 is 0 Å². The maximum Gasteiger partial charge on any atom is 0.416 e. The minimum absolute atomic E-state index is 0.0581. The van der Waals surface area contributed by atoms with Crippen LogP contribution in [0.5, 0.6) is 0 Å². The molecule has 2 amide bonds. The largest absolute Gasteiger partial charge is 0.416 e. The molecule has 1 fully saturated rings. The van der Waals surface area contributed by atoms with E-state index >= 15 is 0 Å². The molecule has 3 nitrogen and oxygen atoms in total. The highest BCUT2D eigenvalue weighted by Gasteiger charge is 2.38. The predicted octanol–water partition coefficient (Wildman–Crippen LogP) is 2.23. The van der Waals surface area contributed by atoms with E-state index in [2.05, 4.69) is 5.32 Å². The molecule has 1 saturated heterocycles. The van der Waals surface area contributed by atoms with Crippen molar-refractivity contribution in [1.82, 2.24) is 5.32 Å². The average molecular weight is 257 g/mol. The Balaban J connectivity index is 2.39. The zero-order valence-electron chi connectivity index (χ0n) is 9.25. The van der Waals surface area contributed by atoms with Gasteiger partial charge in [-0.05, 0) is 18.1 Å². The van der Waals surface area contributed by atoms with Crippen LogP contribution >= 0.6 is 0 Å². The second-order valence-electron chi connectivity index (χ2n) is 4.09. The van der Waals surface area contributed by atoms with Gasteiger partial charge in [-0.15, -0.1) is 0 Å². The van der Waals surface area contributed by atoms with Crippen molar-refractivity contribution in [2.75, 3.05) is 0 Å². The Morgan fingerprint density at radius 2 is 1.83 bits per heavy atom. The molecule has 0 radical (unpaired) electrons. The quantitative estimate of drug-likeness (QED) is 0.784. The number of piperidine rings is 1. The first kappa shape index (κ1) is 12.6. The number of benzene rings is 1. The fourth-order valence-corrected chi connectivity index (χ4v) is 2.05. The third-order valence-corrected chi connectivity index (χ3v) is 2.88. The Morgan fingerprint density at radius 1 is 1.17 bits per heavy atom. The Labute approximate surface area is 101 Å². The summed E-state index contributed by atoms with van der Waals surface area (Å²) >= 11 is 0. The number of amides is 2. The summed E-state index contributed by atoms with van der Waals surface area (Å²) in [4.78, 5) is 22.6. The number of rotatable bonds is 1. The lowest BCUT2D eigenvalue weighted by Crippen LogP contribution is -2.40. The van der Waals surface area contributed by atoms with Gasteiger partial charge in [-0.1, -0.05) is 18.2 Å². The second kappa shape index (κ2) is 4.44. The fourth-order valence-electron chi connectivity index (χ4n) is 2.05. The number of alkyl halides is 3. The molecular weight excluding hydrogens is 247 g/mol. The van der Waals surface area contributed by atoms with Crippen LogP contribution in [0.2, 0.25) is 0 Å². The van der Waals surface area contributed by atoms with Gasteiger partial charge in [-0.3, -0.25) is 14.9 Å². The van der Waals surface area contributed by atoms with Gasteiger partial charge in [0.05, 0.1) is 11.5 Å². The summed E-state index contributed by atoms with van der Waals surface area (Å²) in [6, 6.07) is 4.95. The lowest BCUT2D eigenvalue weighted by molar-refractivity contribution is -0.139. The number of imide groups is 1. The third kappa shape index (κ3) is 2.37. The molecule has 1 aromatic rings. The monoisotopic (exact) mass is 257 g/mol. The maximum atomic E-state index is 12.8. The summed E-state index contributed by atoms with van der Waals surface area (Å²) in [5, 5.41) is 2.06. The normalized spacial score (nSPS) is 20.7. The molecular formula is C12H10F3NO2. The Bertz CT molecular complexity index is 496. The van der Waals surface area contributed by atoms with Crippen molar-refractivity contribution in [2.45, 2.75) is 24.9 Å². The molecule has 1 aliphatic rings. The molecule has 18 heavy (non-hydrogen) atoms. The van der Waals surface area contributed by atoms with E-state index in [9.17, 15) is 22.8 Å². The first-order valence-electron chi connectivity index (χ1n) is 5.39.